The van der Waals surface area contributed by atoms with Crippen molar-refractivity contribution in [1.82, 2.24) is 14.7 Å². The van der Waals surface area contributed by atoms with E-state index in [1.165, 1.54) is 45.6 Å². The second-order valence-corrected chi connectivity index (χ2v) is 4.36. The monoisotopic (exact) mass is 195 g/mol. The van der Waals surface area contributed by atoms with Gasteiger partial charge < -0.3 is 14.7 Å². The van der Waals surface area contributed by atoms with Crippen LogP contribution in [0.2, 0.25) is 0 Å². The Hall–Kier alpha value is -0.700. The molecule has 0 atom stereocenters. The minimum atomic E-state index is 1.16. The van der Waals surface area contributed by atoms with Crippen LogP contribution in [0.15, 0.2) is 12.4 Å². The zero-order chi connectivity index (χ0) is 9.80. The van der Waals surface area contributed by atoms with E-state index < -0.39 is 0 Å². The van der Waals surface area contributed by atoms with E-state index in [1.807, 2.05) is 0 Å². The number of likely N-dealkylation sites (N-methyl/N-ethyl adjacent to an activating group) is 1. The summed E-state index contributed by atoms with van der Waals surface area (Å²) >= 11 is 0. The normalized spacial score (nSPS) is 23.5. The molecular formula is C11H21N3. The number of likely N-dealkylation sites (tertiary alicyclic amines) is 1. The van der Waals surface area contributed by atoms with Gasteiger partial charge in [0.25, 0.3) is 0 Å². The van der Waals surface area contributed by atoms with E-state index in [2.05, 4.69) is 34.1 Å². The van der Waals surface area contributed by atoms with Crippen LogP contribution >= 0.6 is 0 Å². The summed E-state index contributed by atoms with van der Waals surface area (Å²) in [6, 6.07) is 0. The smallest absolute Gasteiger partial charge is 0.0349 e. The quantitative estimate of drug-likeness (QED) is 0.659. The third-order valence-corrected chi connectivity index (χ3v) is 3.17. The lowest BCUT2D eigenvalue weighted by Gasteiger charge is -2.30. The van der Waals surface area contributed by atoms with Crippen LogP contribution < -0.4 is 0 Å². The van der Waals surface area contributed by atoms with Crippen LogP contribution in [0.25, 0.3) is 0 Å². The van der Waals surface area contributed by atoms with Gasteiger partial charge in [-0.15, -0.1) is 0 Å². The molecule has 0 aromatic heterocycles. The minimum Gasteiger partial charge on any atom is -0.377 e. The van der Waals surface area contributed by atoms with E-state index in [1.54, 1.807) is 0 Å². The van der Waals surface area contributed by atoms with E-state index in [4.69, 9.17) is 0 Å². The molecule has 0 aromatic rings. The Kier molecular flexibility index (Phi) is 3.30. The minimum absolute atomic E-state index is 1.16. The first-order chi connectivity index (χ1) is 6.84. The summed E-state index contributed by atoms with van der Waals surface area (Å²) < 4.78 is 0. The Bertz CT molecular complexity index is 197. The SMILES string of the molecule is CN1C=CN(CCN2CCCC2)CC1. The van der Waals surface area contributed by atoms with Gasteiger partial charge in [-0.1, -0.05) is 0 Å². The van der Waals surface area contributed by atoms with Crippen molar-refractivity contribution in [3.63, 3.8) is 0 Å². The lowest BCUT2D eigenvalue weighted by Crippen LogP contribution is -2.37. The van der Waals surface area contributed by atoms with Gasteiger partial charge in [-0.2, -0.15) is 0 Å². The fraction of sp³-hybridized carbons (Fsp3) is 0.818. The molecule has 0 spiro atoms. The van der Waals surface area contributed by atoms with Gasteiger partial charge in [-0.25, -0.2) is 0 Å². The van der Waals surface area contributed by atoms with Crippen LogP contribution in [-0.4, -0.2) is 61.0 Å². The van der Waals surface area contributed by atoms with Crippen LogP contribution in [-0.2, 0) is 0 Å². The molecule has 0 amide bonds. The predicted molar refractivity (Wildman–Crippen MR) is 59.0 cm³/mol. The molecule has 3 nitrogen and oxygen atoms in total. The highest BCUT2D eigenvalue weighted by Crippen LogP contribution is 2.07. The molecule has 2 heterocycles. The van der Waals surface area contributed by atoms with Crippen molar-refractivity contribution in [2.24, 2.45) is 0 Å². The van der Waals surface area contributed by atoms with Crippen LogP contribution in [0.1, 0.15) is 12.8 Å². The highest BCUT2D eigenvalue weighted by atomic mass is 15.2. The number of hydrogen-bond acceptors (Lipinski definition) is 3. The van der Waals surface area contributed by atoms with Crippen molar-refractivity contribution < 1.29 is 0 Å². The predicted octanol–water partition coefficient (Wildman–Crippen LogP) is 0.801. The van der Waals surface area contributed by atoms with Gasteiger partial charge in [0.2, 0.25) is 0 Å². The molecule has 14 heavy (non-hydrogen) atoms. The van der Waals surface area contributed by atoms with Gasteiger partial charge in [0, 0.05) is 45.6 Å². The van der Waals surface area contributed by atoms with Crippen molar-refractivity contribution in [2.45, 2.75) is 12.8 Å². The second kappa shape index (κ2) is 4.69. The standard InChI is InChI=1S/C11H21N3/c1-12-6-8-14(9-7-12)11-10-13-4-2-3-5-13/h6,8H,2-5,7,9-11H2,1H3. The van der Waals surface area contributed by atoms with Crippen molar-refractivity contribution in [2.75, 3.05) is 46.3 Å². The summed E-state index contributed by atoms with van der Waals surface area (Å²) in [6.45, 7) is 7.42. The molecular weight excluding hydrogens is 174 g/mol. The van der Waals surface area contributed by atoms with Crippen LogP contribution in [0.4, 0.5) is 0 Å². The molecule has 1 fully saturated rings. The summed E-state index contributed by atoms with van der Waals surface area (Å²) in [5, 5.41) is 0. The highest BCUT2D eigenvalue weighted by Gasteiger charge is 2.12. The molecule has 0 bridgehead atoms. The summed E-state index contributed by atoms with van der Waals surface area (Å²) in [7, 11) is 2.13. The largest absolute Gasteiger partial charge is 0.377 e. The summed E-state index contributed by atoms with van der Waals surface area (Å²) in [6.07, 6.45) is 7.20. The molecule has 0 unspecified atom stereocenters. The molecule has 0 aliphatic carbocycles. The lowest BCUT2D eigenvalue weighted by molar-refractivity contribution is 0.243. The topological polar surface area (TPSA) is 9.72 Å². The Balaban J connectivity index is 1.67. The molecule has 0 aromatic carbocycles. The van der Waals surface area contributed by atoms with E-state index in [0.29, 0.717) is 0 Å². The summed E-state index contributed by atoms with van der Waals surface area (Å²) in [5.41, 5.74) is 0. The molecule has 2 rings (SSSR count). The summed E-state index contributed by atoms with van der Waals surface area (Å²) in [5.74, 6) is 0. The molecule has 0 saturated carbocycles. The van der Waals surface area contributed by atoms with Crippen molar-refractivity contribution in [1.29, 1.82) is 0 Å². The van der Waals surface area contributed by atoms with E-state index in [9.17, 15) is 0 Å². The Morgan fingerprint density at radius 3 is 2.36 bits per heavy atom. The third kappa shape index (κ3) is 2.64. The van der Waals surface area contributed by atoms with Crippen molar-refractivity contribution in [3.05, 3.63) is 12.4 Å². The van der Waals surface area contributed by atoms with Gasteiger partial charge in [-0.05, 0) is 25.9 Å². The van der Waals surface area contributed by atoms with Gasteiger partial charge in [0.1, 0.15) is 0 Å². The Labute approximate surface area is 87.0 Å². The number of nitrogens with zero attached hydrogens (tertiary/aromatic N) is 3. The molecule has 1 saturated heterocycles. The Morgan fingerprint density at radius 2 is 1.71 bits per heavy atom. The molecule has 0 radical (unpaired) electrons. The first kappa shape index (κ1) is 9.84. The third-order valence-electron chi connectivity index (χ3n) is 3.17. The van der Waals surface area contributed by atoms with Crippen LogP contribution in [0.3, 0.4) is 0 Å². The fourth-order valence-corrected chi connectivity index (χ4v) is 2.11. The van der Waals surface area contributed by atoms with Crippen LogP contribution in [0.5, 0.6) is 0 Å². The number of rotatable bonds is 3. The van der Waals surface area contributed by atoms with Gasteiger partial charge in [-0.3, -0.25) is 0 Å². The van der Waals surface area contributed by atoms with Gasteiger partial charge in [0.15, 0.2) is 0 Å². The maximum absolute atomic E-state index is 2.58. The van der Waals surface area contributed by atoms with E-state index in [0.717, 1.165) is 6.54 Å². The maximum Gasteiger partial charge on any atom is 0.0349 e. The lowest BCUT2D eigenvalue weighted by atomic mass is 10.4. The van der Waals surface area contributed by atoms with Gasteiger partial charge in [0.05, 0.1) is 0 Å². The van der Waals surface area contributed by atoms with Crippen molar-refractivity contribution >= 4 is 0 Å². The molecule has 80 valence electrons. The fourth-order valence-electron chi connectivity index (χ4n) is 2.11. The molecule has 2 aliphatic heterocycles. The average molecular weight is 195 g/mol. The van der Waals surface area contributed by atoms with Crippen molar-refractivity contribution in [3.8, 4) is 0 Å². The van der Waals surface area contributed by atoms with Gasteiger partial charge >= 0.3 is 0 Å². The maximum atomic E-state index is 2.58. The molecule has 0 N–H and O–H groups in total. The van der Waals surface area contributed by atoms with E-state index >= 15 is 0 Å². The Morgan fingerprint density at radius 1 is 0.929 bits per heavy atom. The van der Waals surface area contributed by atoms with E-state index in [-0.39, 0.29) is 0 Å². The first-order valence-electron chi connectivity index (χ1n) is 5.69. The first-order valence-corrected chi connectivity index (χ1v) is 5.69. The molecule has 2 aliphatic rings. The molecule has 3 heteroatoms. The highest BCUT2D eigenvalue weighted by molar-refractivity contribution is 4.88. The average Bonchev–Trinajstić information content (AvgIpc) is 2.70. The second-order valence-electron chi connectivity index (χ2n) is 4.36. The zero-order valence-corrected chi connectivity index (χ0v) is 9.15. The summed E-state index contributed by atoms with van der Waals surface area (Å²) in [4.78, 5) is 7.25. The number of hydrogen-bond donors (Lipinski definition) is 0. The zero-order valence-electron chi connectivity index (χ0n) is 9.15. The van der Waals surface area contributed by atoms with Crippen LogP contribution in [0, 0.1) is 0 Å².